The number of hydrogen-bond donors (Lipinski definition) is 1. The lowest BCUT2D eigenvalue weighted by molar-refractivity contribution is 0.0944. The number of benzene rings is 1. The highest BCUT2D eigenvalue weighted by atomic mass is 16.5. The molecule has 1 aliphatic rings. The van der Waals surface area contributed by atoms with Gasteiger partial charge >= 0.3 is 0 Å². The molecule has 1 aliphatic heterocycles. The number of carbonyl (C=O) groups is 1. The number of fused-ring (bicyclic) bond motifs is 4. The molecule has 1 aromatic carbocycles. The van der Waals surface area contributed by atoms with Crippen LogP contribution in [0.4, 0.5) is 0 Å². The topological polar surface area (TPSA) is 71.8 Å². The Hall–Kier alpha value is -2.93. The van der Waals surface area contributed by atoms with Crippen LogP contribution in [0, 0.1) is 0 Å². The maximum atomic E-state index is 12.4. The Morgan fingerprint density at radius 2 is 2.15 bits per heavy atom. The van der Waals surface area contributed by atoms with Crippen molar-refractivity contribution >= 4 is 11.6 Å². The van der Waals surface area contributed by atoms with Crippen LogP contribution in [0.1, 0.15) is 16.9 Å². The van der Waals surface area contributed by atoms with Crippen LogP contribution in [0.2, 0.25) is 0 Å². The SMILES string of the molecule is CN1CCCOc2cccc(c2)-c2cnn3ccc(nc23)C(=O)NCC1. The summed E-state index contributed by atoms with van der Waals surface area (Å²) in [5, 5.41) is 7.27. The first kappa shape index (κ1) is 16.5. The molecule has 0 unspecified atom stereocenters. The van der Waals surface area contributed by atoms with Gasteiger partial charge in [-0.2, -0.15) is 5.10 Å². The minimum atomic E-state index is -0.169. The summed E-state index contributed by atoms with van der Waals surface area (Å²) in [6, 6.07) is 9.58. The van der Waals surface area contributed by atoms with Crippen LogP contribution >= 0.6 is 0 Å². The number of hydrogen-bond acceptors (Lipinski definition) is 5. The summed E-state index contributed by atoms with van der Waals surface area (Å²) in [7, 11) is 2.04. The van der Waals surface area contributed by atoms with Gasteiger partial charge in [-0.05, 0) is 37.2 Å². The summed E-state index contributed by atoms with van der Waals surface area (Å²) in [5.41, 5.74) is 2.88. The summed E-state index contributed by atoms with van der Waals surface area (Å²) >= 11 is 0. The van der Waals surface area contributed by atoms with Gasteiger partial charge in [0.15, 0.2) is 5.65 Å². The van der Waals surface area contributed by atoms with Gasteiger partial charge in [0.2, 0.25) is 0 Å². The lowest BCUT2D eigenvalue weighted by Crippen LogP contribution is -2.34. The van der Waals surface area contributed by atoms with Gasteiger partial charge in [-0.15, -0.1) is 0 Å². The Morgan fingerprint density at radius 1 is 1.23 bits per heavy atom. The van der Waals surface area contributed by atoms with Crippen LogP contribution in [0.3, 0.4) is 0 Å². The van der Waals surface area contributed by atoms with Gasteiger partial charge in [0.05, 0.1) is 12.8 Å². The Kier molecular flexibility index (Phi) is 4.53. The molecule has 7 nitrogen and oxygen atoms in total. The number of nitrogens with one attached hydrogen (secondary N) is 1. The highest BCUT2D eigenvalue weighted by Crippen LogP contribution is 2.27. The van der Waals surface area contributed by atoms with Crippen LogP contribution in [0.15, 0.2) is 42.7 Å². The van der Waals surface area contributed by atoms with Crippen LogP contribution in [-0.2, 0) is 0 Å². The van der Waals surface area contributed by atoms with Crippen molar-refractivity contribution in [2.75, 3.05) is 33.3 Å². The van der Waals surface area contributed by atoms with E-state index in [1.807, 2.05) is 31.3 Å². The van der Waals surface area contributed by atoms with Crippen molar-refractivity contribution in [1.29, 1.82) is 0 Å². The fourth-order valence-electron chi connectivity index (χ4n) is 3.04. The van der Waals surface area contributed by atoms with Gasteiger partial charge in [-0.3, -0.25) is 4.79 Å². The first-order valence-corrected chi connectivity index (χ1v) is 8.75. The molecule has 0 aliphatic carbocycles. The predicted octanol–water partition coefficient (Wildman–Crippen LogP) is 1.84. The fraction of sp³-hybridized carbons (Fsp3) is 0.316. The normalized spacial score (nSPS) is 16.4. The zero-order chi connectivity index (χ0) is 17.9. The molecule has 4 rings (SSSR count). The highest BCUT2D eigenvalue weighted by molar-refractivity contribution is 5.93. The smallest absolute Gasteiger partial charge is 0.270 e. The van der Waals surface area contributed by atoms with Crippen molar-refractivity contribution in [1.82, 2.24) is 24.8 Å². The monoisotopic (exact) mass is 351 g/mol. The van der Waals surface area contributed by atoms with Gasteiger partial charge < -0.3 is 15.0 Å². The molecule has 0 saturated carbocycles. The quantitative estimate of drug-likeness (QED) is 0.669. The molecule has 0 saturated heterocycles. The van der Waals surface area contributed by atoms with Crippen molar-refractivity contribution in [3.8, 4) is 16.9 Å². The van der Waals surface area contributed by atoms with Gasteiger partial charge in [-0.25, -0.2) is 9.50 Å². The molecule has 2 aromatic heterocycles. The molecule has 3 aromatic rings. The second-order valence-electron chi connectivity index (χ2n) is 6.43. The number of likely N-dealkylation sites (N-methyl/N-ethyl adjacent to an activating group) is 1. The average Bonchev–Trinajstić information content (AvgIpc) is 3.08. The molecule has 1 amide bonds. The number of carbonyl (C=O) groups excluding carboxylic acids is 1. The Morgan fingerprint density at radius 3 is 3.08 bits per heavy atom. The number of nitrogens with zero attached hydrogens (tertiary/aromatic N) is 4. The minimum absolute atomic E-state index is 0.169. The van der Waals surface area contributed by atoms with E-state index in [4.69, 9.17) is 4.74 Å². The summed E-state index contributed by atoms with van der Waals surface area (Å²) in [5.74, 6) is 0.655. The zero-order valence-electron chi connectivity index (χ0n) is 14.7. The first-order chi connectivity index (χ1) is 12.7. The summed E-state index contributed by atoms with van der Waals surface area (Å²) in [4.78, 5) is 19.1. The molecule has 7 heteroatoms. The van der Waals surface area contributed by atoms with E-state index in [0.29, 0.717) is 24.5 Å². The average molecular weight is 351 g/mol. The van der Waals surface area contributed by atoms with E-state index < -0.39 is 0 Å². The summed E-state index contributed by atoms with van der Waals surface area (Å²) in [6.07, 6.45) is 4.45. The van der Waals surface area contributed by atoms with E-state index in [1.54, 1.807) is 23.0 Å². The van der Waals surface area contributed by atoms with E-state index >= 15 is 0 Å². The fourth-order valence-corrected chi connectivity index (χ4v) is 3.04. The molecule has 4 bridgehead atoms. The van der Waals surface area contributed by atoms with Crippen molar-refractivity contribution < 1.29 is 9.53 Å². The van der Waals surface area contributed by atoms with Crippen molar-refractivity contribution in [3.63, 3.8) is 0 Å². The minimum Gasteiger partial charge on any atom is -0.494 e. The number of ether oxygens (including phenoxy) is 1. The van der Waals surface area contributed by atoms with Crippen LogP contribution in [0.5, 0.6) is 5.75 Å². The Bertz CT molecular complexity index is 937. The lowest BCUT2D eigenvalue weighted by atomic mass is 10.1. The van der Waals surface area contributed by atoms with Crippen molar-refractivity contribution in [2.45, 2.75) is 6.42 Å². The predicted molar refractivity (Wildman–Crippen MR) is 98.4 cm³/mol. The molecule has 0 spiro atoms. The van der Waals surface area contributed by atoms with Crippen molar-refractivity contribution in [2.24, 2.45) is 0 Å². The number of amides is 1. The third kappa shape index (κ3) is 3.39. The second kappa shape index (κ2) is 7.13. The number of aromatic nitrogens is 3. The van der Waals surface area contributed by atoms with Gasteiger partial charge in [0.25, 0.3) is 5.91 Å². The van der Waals surface area contributed by atoms with Gasteiger partial charge in [0, 0.05) is 31.4 Å². The molecule has 134 valence electrons. The largest absolute Gasteiger partial charge is 0.494 e. The van der Waals surface area contributed by atoms with E-state index in [1.165, 1.54) is 0 Å². The van der Waals surface area contributed by atoms with Gasteiger partial charge in [-0.1, -0.05) is 12.1 Å². The molecule has 0 fully saturated rings. The third-order valence-corrected chi connectivity index (χ3v) is 4.48. The first-order valence-electron chi connectivity index (χ1n) is 8.75. The Labute approximate surface area is 151 Å². The third-order valence-electron chi connectivity index (χ3n) is 4.48. The molecule has 3 heterocycles. The molecule has 0 atom stereocenters. The van der Waals surface area contributed by atoms with Crippen LogP contribution in [-0.4, -0.2) is 58.7 Å². The van der Waals surface area contributed by atoms with E-state index in [0.717, 1.165) is 36.4 Å². The number of rotatable bonds is 0. The molecular formula is C19H21N5O2. The molecule has 26 heavy (non-hydrogen) atoms. The zero-order valence-corrected chi connectivity index (χ0v) is 14.7. The van der Waals surface area contributed by atoms with Crippen LogP contribution in [0.25, 0.3) is 16.8 Å². The maximum absolute atomic E-state index is 12.4. The van der Waals surface area contributed by atoms with E-state index in [2.05, 4.69) is 20.3 Å². The second-order valence-corrected chi connectivity index (χ2v) is 6.43. The van der Waals surface area contributed by atoms with E-state index in [9.17, 15) is 4.79 Å². The molecule has 1 N–H and O–H groups in total. The standard InChI is InChI=1S/C19H21N5O2/c1-23-8-3-11-26-15-5-2-4-14(12-15)16-13-21-24-9-6-17(22-18(16)24)19(25)20-7-10-23/h2,4-6,9,12-13H,3,7-8,10-11H2,1H3,(H,20,25). The van der Waals surface area contributed by atoms with E-state index in [-0.39, 0.29) is 5.91 Å². The lowest BCUT2D eigenvalue weighted by Gasteiger charge is -2.17. The molecule has 0 radical (unpaired) electrons. The Balaban J connectivity index is 1.76. The van der Waals surface area contributed by atoms with Gasteiger partial charge in [0.1, 0.15) is 11.4 Å². The summed E-state index contributed by atoms with van der Waals surface area (Å²) < 4.78 is 7.57. The maximum Gasteiger partial charge on any atom is 0.270 e. The highest BCUT2D eigenvalue weighted by Gasteiger charge is 2.14. The molecular weight excluding hydrogens is 330 g/mol. The van der Waals surface area contributed by atoms with Crippen molar-refractivity contribution in [3.05, 3.63) is 48.4 Å². The van der Waals surface area contributed by atoms with Crippen LogP contribution < -0.4 is 10.1 Å². The summed E-state index contributed by atoms with van der Waals surface area (Å²) in [6.45, 7) is 2.92.